The maximum Gasteiger partial charge on any atom is 0.240 e. The van der Waals surface area contributed by atoms with Crippen LogP contribution in [0.1, 0.15) is 16.7 Å². The van der Waals surface area contributed by atoms with Crippen LogP contribution in [0.4, 0.5) is 5.82 Å². The molecule has 2 rings (SSSR count). The Morgan fingerprint density at radius 1 is 1.47 bits per heavy atom. The molecule has 0 saturated heterocycles. The molecule has 2 aromatic heterocycles. The first-order valence-corrected chi connectivity index (χ1v) is 4.44. The Labute approximate surface area is 87.2 Å². The number of aryl methyl sites for hydroxylation is 1. The maximum atomic E-state index is 9.03. The zero-order chi connectivity index (χ0) is 11.0. The molecular formula is C11H8N4. The number of imidazole rings is 1. The number of nitriles is 1. The number of hydrogen-bond acceptors (Lipinski definition) is 2. The molecule has 0 bridgehead atoms. The van der Waals surface area contributed by atoms with Crippen LogP contribution in [0.2, 0.25) is 0 Å². The molecule has 72 valence electrons. The fourth-order valence-electron chi connectivity index (χ4n) is 1.74. The zero-order valence-electron chi connectivity index (χ0n) is 8.44. The van der Waals surface area contributed by atoms with Crippen molar-refractivity contribution in [2.75, 3.05) is 0 Å². The third kappa shape index (κ3) is 1.09. The Morgan fingerprint density at radius 3 is 2.80 bits per heavy atom. The molecule has 2 heterocycles. The second kappa shape index (κ2) is 3.11. The van der Waals surface area contributed by atoms with Crippen LogP contribution >= 0.6 is 0 Å². The molecule has 0 unspecified atom stereocenters. The molecule has 0 aliphatic rings. The maximum absolute atomic E-state index is 9.03. The summed E-state index contributed by atoms with van der Waals surface area (Å²) >= 11 is 0. The van der Waals surface area contributed by atoms with Gasteiger partial charge >= 0.3 is 0 Å². The van der Waals surface area contributed by atoms with E-state index < -0.39 is 0 Å². The van der Waals surface area contributed by atoms with Gasteiger partial charge in [-0.3, -0.25) is 0 Å². The zero-order valence-corrected chi connectivity index (χ0v) is 8.44. The molecule has 0 N–H and O–H groups in total. The normalized spacial score (nSPS) is 9.87. The van der Waals surface area contributed by atoms with Gasteiger partial charge < -0.3 is 4.85 Å². The van der Waals surface area contributed by atoms with Crippen molar-refractivity contribution in [2.45, 2.75) is 13.8 Å². The number of nitrogens with zero attached hydrogens (tertiary/aromatic N) is 4. The van der Waals surface area contributed by atoms with Crippen molar-refractivity contribution in [1.29, 1.82) is 5.26 Å². The van der Waals surface area contributed by atoms with Crippen LogP contribution in [0.5, 0.6) is 0 Å². The third-order valence-corrected chi connectivity index (χ3v) is 2.51. The first-order valence-electron chi connectivity index (χ1n) is 4.44. The highest BCUT2D eigenvalue weighted by Crippen LogP contribution is 2.27. The van der Waals surface area contributed by atoms with Crippen LogP contribution in [-0.2, 0) is 0 Å². The topological polar surface area (TPSA) is 45.5 Å². The quantitative estimate of drug-likeness (QED) is 0.607. The summed E-state index contributed by atoms with van der Waals surface area (Å²) < 4.78 is 1.72. The van der Waals surface area contributed by atoms with E-state index >= 15 is 0 Å². The van der Waals surface area contributed by atoms with Crippen LogP contribution in [0.25, 0.3) is 10.5 Å². The summed E-state index contributed by atoms with van der Waals surface area (Å²) in [4.78, 5) is 7.59. The molecule has 4 heteroatoms. The van der Waals surface area contributed by atoms with Gasteiger partial charge in [0.25, 0.3) is 0 Å². The van der Waals surface area contributed by atoms with Crippen molar-refractivity contribution >= 4 is 11.5 Å². The summed E-state index contributed by atoms with van der Waals surface area (Å²) in [6.07, 6.45) is 3.38. The number of pyridine rings is 1. The predicted octanol–water partition coefficient (Wildman–Crippen LogP) is 2.37. The van der Waals surface area contributed by atoms with E-state index in [4.69, 9.17) is 11.8 Å². The molecule has 2 aromatic rings. The molecule has 0 aromatic carbocycles. The van der Waals surface area contributed by atoms with Gasteiger partial charge in [0, 0.05) is 5.56 Å². The van der Waals surface area contributed by atoms with E-state index in [2.05, 4.69) is 15.9 Å². The summed E-state index contributed by atoms with van der Waals surface area (Å²) in [6.45, 7) is 10.8. The molecule has 0 radical (unpaired) electrons. The summed E-state index contributed by atoms with van der Waals surface area (Å²) in [7, 11) is 0. The first-order chi connectivity index (χ1) is 7.20. The summed E-state index contributed by atoms with van der Waals surface area (Å²) in [5, 5.41) is 9.03. The van der Waals surface area contributed by atoms with Gasteiger partial charge in [-0.05, 0) is 19.4 Å². The summed E-state index contributed by atoms with van der Waals surface area (Å²) in [6, 6.07) is 2.12. The lowest BCUT2D eigenvalue weighted by molar-refractivity contribution is 1.15. The Kier molecular flexibility index (Phi) is 1.91. The van der Waals surface area contributed by atoms with Gasteiger partial charge in [0.15, 0.2) is 0 Å². The Bertz CT molecular complexity index is 623. The van der Waals surface area contributed by atoms with E-state index in [1.165, 1.54) is 0 Å². The van der Waals surface area contributed by atoms with Gasteiger partial charge in [-0.1, -0.05) is 6.57 Å². The van der Waals surface area contributed by atoms with Gasteiger partial charge in [0.05, 0.1) is 24.0 Å². The molecule has 0 spiro atoms. The molecule has 0 fully saturated rings. The molecular weight excluding hydrogens is 188 g/mol. The highest BCUT2D eigenvalue weighted by atomic mass is 15.1. The average Bonchev–Trinajstić information content (AvgIpc) is 2.68. The van der Waals surface area contributed by atoms with Gasteiger partial charge in [-0.15, -0.1) is 0 Å². The third-order valence-electron chi connectivity index (χ3n) is 2.51. The fourth-order valence-corrected chi connectivity index (χ4v) is 1.74. The standard InChI is InChI=1S/C11H8N4/c1-7-9(6-12)8(2)11-14-4-5-15(11)10(7)13-3/h4-5H,1-2H3. The van der Waals surface area contributed by atoms with Crippen LogP contribution in [0, 0.1) is 31.8 Å². The van der Waals surface area contributed by atoms with E-state index in [0.717, 1.165) is 11.1 Å². The minimum atomic E-state index is 0.463. The number of hydrogen-bond donors (Lipinski definition) is 0. The molecule has 0 amide bonds. The minimum absolute atomic E-state index is 0.463. The molecule has 0 aliphatic carbocycles. The lowest BCUT2D eigenvalue weighted by atomic mass is 10.1. The van der Waals surface area contributed by atoms with E-state index in [1.54, 1.807) is 23.7 Å². The highest BCUT2D eigenvalue weighted by molar-refractivity contribution is 5.67. The molecule has 0 aliphatic heterocycles. The van der Waals surface area contributed by atoms with Gasteiger partial charge in [0.1, 0.15) is 0 Å². The van der Waals surface area contributed by atoms with Gasteiger partial charge in [-0.2, -0.15) is 5.26 Å². The molecule has 15 heavy (non-hydrogen) atoms. The van der Waals surface area contributed by atoms with Gasteiger partial charge in [0.2, 0.25) is 11.5 Å². The van der Waals surface area contributed by atoms with Crippen molar-refractivity contribution in [2.24, 2.45) is 0 Å². The van der Waals surface area contributed by atoms with E-state index in [0.29, 0.717) is 17.0 Å². The summed E-state index contributed by atoms with van der Waals surface area (Å²) in [5.41, 5.74) is 2.78. The van der Waals surface area contributed by atoms with Crippen LogP contribution in [0.15, 0.2) is 12.4 Å². The molecule has 4 nitrogen and oxygen atoms in total. The Hall–Kier alpha value is -2.33. The number of fused-ring (bicyclic) bond motifs is 1. The van der Waals surface area contributed by atoms with Gasteiger partial charge in [-0.25, -0.2) is 9.38 Å². The second-order valence-electron chi connectivity index (χ2n) is 3.29. The fraction of sp³-hybridized carbons (Fsp3) is 0.182. The van der Waals surface area contributed by atoms with Crippen molar-refractivity contribution in [3.63, 3.8) is 0 Å². The van der Waals surface area contributed by atoms with E-state index in [9.17, 15) is 0 Å². The van der Waals surface area contributed by atoms with Crippen LogP contribution in [0.3, 0.4) is 0 Å². The minimum Gasteiger partial charge on any atom is -0.363 e. The largest absolute Gasteiger partial charge is 0.363 e. The Balaban J connectivity index is 3.07. The average molecular weight is 196 g/mol. The highest BCUT2D eigenvalue weighted by Gasteiger charge is 2.15. The van der Waals surface area contributed by atoms with Crippen molar-refractivity contribution < 1.29 is 0 Å². The first kappa shape index (κ1) is 9.23. The predicted molar refractivity (Wildman–Crippen MR) is 55.6 cm³/mol. The van der Waals surface area contributed by atoms with E-state index in [1.807, 2.05) is 6.92 Å². The number of aromatic nitrogens is 2. The van der Waals surface area contributed by atoms with Crippen molar-refractivity contribution in [3.8, 4) is 6.07 Å². The lowest BCUT2D eigenvalue weighted by Crippen LogP contribution is -1.96. The number of rotatable bonds is 0. The van der Waals surface area contributed by atoms with Crippen molar-refractivity contribution in [1.82, 2.24) is 9.38 Å². The smallest absolute Gasteiger partial charge is 0.240 e. The monoisotopic (exact) mass is 196 g/mol. The van der Waals surface area contributed by atoms with E-state index in [-0.39, 0.29) is 0 Å². The lowest BCUT2D eigenvalue weighted by Gasteiger charge is -2.06. The molecule has 0 atom stereocenters. The molecule has 0 saturated carbocycles. The van der Waals surface area contributed by atoms with Crippen LogP contribution in [-0.4, -0.2) is 9.38 Å². The van der Waals surface area contributed by atoms with Crippen molar-refractivity contribution in [3.05, 3.63) is 40.5 Å². The van der Waals surface area contributed by atoms with Crippen LogP contribution < -0.4 is 0 Å². The Morgan fingerprint density at radius 2 is 2.20 bits per heavy atom. The SMILES string of the molecule is [C-]#[N+]c1c(C)c(C#N)c(C)c2nccn12. The summed E-state index contributed by atoms with van der Waals surface area (Å²) in [5.74, 6) is 0.463. The second-order valence-corrected chi connectivity index (χ2v) is 3.29.